The summed E-state index contributed by atoms with van der Waals surface area (Å²) in [5.74, 6) is 0. The fourth-order valence-corrected chi connectivity index (χ4v) is 2.20. The van der Waals surface area contributed by atoms with Crippen LogP contribution in [-0.4, -0.2) is 24.0 Å². The van der Waals surface area contributed by atoms with Crippen molar-refractivity contribution in [2.24, 2.45) is 0 Å². The molecule has 1 aliphatic carbocycles. The van der Waals surface area contributed by atoms with E-state index >= 15 is 0 Å². The second-order valence-corrected chi connectivity index (χ2v) is 5.38. The summed E-state index contributed by atoms with van der Waals surface area (Å²) in [5.41, 5.74) is 1.12. The second kappa shape index (κ2) is 5.54. The van der Waals surface area contributed by atoms with Crippen LogP contribution in [0.2, 0.25) is 0 Å². The van der Waals surface area contributed by atoms with Crippen molar-refractivity contribution in [1.82, 2.24) is 10.2 Å². The minimum atomic E-state index is 0.0189. The number of rotatable bonds is 3. The van der Waals surface area contributed by atoms with E-state index in [0.29, 0.717) is 12.6 Å². The van der Waals surface area contributed by atoms with E-state index in [4.69, 9.17) is 0 Å². The Balaban J connectivity index is 1.89. The van der Waals surface area contributed by atoms with Crippen molar-refractivity contribution in [2.75, 3.05) is 7.05 Å². The van der Waals surface area contributed by atoms with Gasteiger partial charge in [0.05, 0.1) is 0 Å². The minimum Gasteiger partial charge on any atom is -0.335 e. The number of halogens is 1. The van der Waals surface area contributed by atoms with Gasteiger partial charge in [0.15, 0.2) is 0 Å². The molecule has 0 saturated heterocycles. The van der Waals surface area contributed by atoms with E-state index in [0.717, 1.165) is 22.9 Å². The average molecular weight is 297 g/mol. The SMILES string of the molecule is CN(Cc1ccccc1Br)C(=O)NC1CCC1. The third kappa shape index (κ3) is 3.22. The van der Waals surface area contributed by atoms with E-state index < -0.39 is 0 Å². The summed E-state index contributed by atoms with van der Waals surface area (Å²) in [6.45, 7) is 0.625. The van der Waals surface area contributed by atoms with E-state index in [9.17, 15) is 4.79 Å². The number of nitrogens with one attached hydrogen (secondary N) is 1. The lowest BCUT2D eigenvalue weighted by Crippen LogP contribution is -2.45. The first-order valence-electron chi connectivity index (χ1n) is 5.92. The molecule has 0 aliphatic heterocycles. The monoisotopic (exact) mass is 296 g/mol. The lowest BCUT2D eigenvalue weighted by Gasteiger charge is -2.29. The predicted octanol–water partition coefficient (Wildman–Crippen LogP) is 3.14. The first kappa shape index (κ1) is 12.4. The van der Waals surface area contributed by atoms with E-state index in [2.05, 4.69) is 21.2 Å². The van der Waals surface area contributed by atoms with Crippen molar-refractivity contribution in [3.05, 3.63) is 34.3 Å². The van der Waals surface area contributed by atoms with E-state index in [-0.39, 0.29) is 6.03 Å². The van der Waals surface area contributed by atoms with Crippen LogP contribution >= 0.6 is 15.9 Å². The standard InChI is InChI=1S/C13H17BrN2O/c1-16(13(17)15-11-6-4-7-11)9-10-5-2-3-8-12(10)14/h2-3,5,8,11H,4,6-7,9H2,1H3,(H,15,17). The third-order valence-corrected chi connectivity index (χ3v) is 3.92. The van der Waals surface area contributed by atoms with Crippen LogP contribution in [0.4, 0.5) is 4.79 Å². The number of benzene rings is 1. The number of carbonyl (C=O) groups excluding carboxylic acids is 1. The van der Waals surface area contributed by atoms with E-state index in [1.165, 1.54) is 6.42 Å². The Morgan fingerprint density at radius 2 is 2.18 bits per heavy atom. The van der Waals surface area contributed by atoms with Crippen molar-refractivity contribution in [3.8, 4) is 0 Å². The Bertz CT molecular complexity index is 404. The second-order valence-electron chi connectivity index (χ2n) is 4.52. The number of amides is 2. The fraction of sp³-hybridized carbons (Fsp3) is 0.462. The summed E-state index contributed by atoms with van der Waals surface area (Å²) >= 11 is 3.49. The summed E-state index contributed by atoms with van der Waals surface area (Å²) in [6, 6.07) is 8.39. The highest BCUT2D eigenvalue weighted by molar-refractivity contribution is 9.10. The molecule has 1 fully saturated rings. The Labute approximate surface area is 110 Å². The molecule has 4 heteroatoms. The van der Waals surface area contributed by atoms with Crippen LogP contribution in [0.5, 0.6) is 0 Å². The maximum Gasteiger partial charge on any atom is 0.317 e. The zero-order valence-electron chi connectivity index (χ0n) is 9.95. The normalized spacial score (nSPS) is 15.2. The van der Waals surface area contributed by atoms with Gasteiger partial charge < -0.3 is 10.2 Å². The molecule has 0 radical (unpaired) electrons. The zero-order chi connectivity index (χ0) is 12.3. The predicted molar refractivity (Wildman–Crippen MR) is 71.8 cm³/mol. The van der Waals surface area contributed by atoms with Gasteiger partial charge in [-0.05, 0) is 30.9 Å². The van der Waals surface area contributed by atoms with Gasteiger partial charge in [0.25, 0.3) is 0 Å². The smallest absolute Gasteiger partial charge is 0.317 e. The Morgan fingerprint density at radius 1 is 1.47 bits per heavy atom. The number of hydrogen-bond acceptors (Lipinski definition) is 1. The first-order chi connectivity index (χ1) is 8.16. The molecule has 2 amide bonds. The maximum atomic E-state index is 11.9. The van der Waals surface area contributed by atoms with Gasteiger partial charge in [-0.25, -0.2) is 4.79 Å². The summed E-state index contributed by atoms with van der Waals surface area (Å²) in [7, 11) is 1.83. The van der Waals surface area contributed by atoms with Crippen molar-refractivity contribution in [2.45, 2.75) is 31.8 Å². The number of urea groups is 1. The Kier molecular flexibility index (Phi) is 4.05. The van der Waals surface area contributed by atoms with Crippen LogP contribution in [0, 0.1) is 0 Å². The maximum absolute atomic E-state index is 11.9. The summed E-state index contributed by atoms with van der Waals surface area (Å²) in [6.07, 6.45) is 3.47. The van der Waals surface area contributed by atoms with Crippen molar-refractivity contribution >= 4 is 22.0 Å². The fourth-order valence-electron chi connectivity index (χ4n) is 1.79. The molecule has 17 heavy (non-hydrogen) atoms. The molecule has 2 rings (SSSR count). The summed E-state index contributed by atoms with van der Waals surface area (Å²) in [4.78, 5) is 13.6. The van der Waals surface area contributed by atoms with Crippen molar-refractivity contribution in [3.63, 3.8) is 0 Å². The molecule has 0 heterocycles. The molecule has 0 unspecified atom stereocenters. The van der Waals surface area contributed by atoms with Crippen LogP contribution in [0.1, 0.15) is 24.8 Å². The highest BCUT2D eigenvalue weighted by Gasteiger charge is 2.21. The number of nitrogens with zero attached hydrogens (tertiary/aromatic N) is 1. The van der Waals surface area contributed by atoms with Crippen LogP contribution in [0.3, 0.4) is 0 Å². The Morgan fingerprint density at radius 3 is 2.76 bits per heavy atom. The molecule has 1 aromatic rings. The van der Waals surface area contributed by atoms with Gasteiger partial charge in [-0.1, -0.05) is 34.1 Å². The third-order valence-electron chi connectivity index (χ3n) is 3.14. The molecule has 1 saturated carbocycles. The van der Waals surface area contributed by atoms with Gasteiger partial charge >= 0.3 is 6.03 Å². The lowest BCUT2D eigenvalue weighted by atomic mass is 9.93. The molecule has 1 aromatic carbocycles. The van der Waals surface area contributed by atoms with Gasteiger partial charge in [0.1, 0.15) is 0 Å². The first-order valence-corrected chi connectivity index (χ1v) is 6.71. The Hall–Kier alpha value is -1.03. The average Bonchev–Trinajstić information content (AvgIpc) is 2.26. The van der Waals surface area contributed by atoms with E-state index in [1.54, 1.807) is 4.90 Å². The molecular weight excluding hydrogens is 280 g/mol. The van der Waals surface area contributed by atoms with Crippen LogP contribution in [-0.2, 0) is 6.54 Å². The number of hydrogen-bond donors (Lipinski definition) is 1. The van der Waals surface area contributed by atoms with Gasteiger partial charge in [-0.15, -0.1) is 0 Å². The molecule has 1 N–H and O–H groups in total. The molecule has 0 bridgehead atoms. The van der Waals surface area contributed by atoms with Crippen LogP contribution in [0.15, 0.2) is 28.7 Å². The van der Waals surface area contributed by atoms with Crippen molar-refractivity contribution < 1.29 is 4.79 Å². The molecule has 0 aromatic heterocycles. The minimum absolute atomic E-state index is 0.0189. The van der Waals surface area contributed by atoms with Crippen LogP contribution in [0.25, 0.3) is 0 Å². The quantitative estimate of drug-likeness (QED) is 0.913. The van der Waals surface area contributed by atoms with Gasteiger partial charge in [-0.3, -0.25) is 0 Å². The van der Waals surface area contributed by atoms with Gasteiger partial charge in [-0.2, -0.15) is 0 Å². The van der Waals surface area contributed by atoms with E-state index in [1.807, 2.05) is 31.3 Å². The summed E-state index contributed by atoms with van der Waals surface area (Å²) < 4.78 is 1.04. The molecule has 3 nitrogen and oxygen atoms in total. The zero-order valence-corrected chi connectivity index (χ0v) is 11.5. The van der Waals surface area contributed by atoms with Gasteiger partial charge in [0, 0.05) is 24.1 Å². The molecule has 0 spiro atoms. The van der Waals surface area contributed by atoms with Crippen molar-refractivity contribution in [1.29, 1.82) is 0 Å². The highest BCUT2D eigenvalue weighted by atomic mass is 79.9. The molecule has 0 atom stereocenters. The largest absolute Gasteiger partial charge is 0.335 e. The van der Waals surface area contributed by atoms with Gasteiger partial charge in [0.2, 0.25) is 0 Å². The number of carbonyl (C=O) groups is 1. The molecular formula is C13H17BrN2O. The lowest BCUT2D eigenvalue weighted by molar-refractivity contribution is 0.194. The molecule has 1 aliphatic rings. The highest BCUT2D eigenvalue weighted by Crippen LogP contribution is 2.19. The summed E-state index contributed by atoms with van der Waals surface area (Å²) in [5, 5.41) is 3.03. The topological polar surface area (TPSA) is 32.3 Å². The molecule has 92 valence electrons. The van der Waals surface area contributed by atoms with Crippen LogP contribution < -0.4 is 5.32 Å².